The van der Waals surface area contributed by atoms with Crippen molar-refractivity contribution in [3.63, 3.8) is 0 Å². The molecule has 0 fully saturated rings. The molecule has 2 aromatic rings. The van der Waals surface area contributed by atoms with Gasteiger partial charge in [0, 0.05) is 45.8 Å². The van der Waals surface area contributed by atoms with E-state index in [-0.39, 0.29) is 0 Å². The molecule has 0 radical (unpaired) electrons. The van der Waals surface area contributed by atoms with E-state index in [0.717, 1.165) is 28.7 Å². The Morgan fingerprint density at radius 1 is 1.31 bits per heavy atom. The maximum atomic E-state index is 11.5. The summed E-state index contributed by atoms with van der Waals surface area (Å²) in [5, 5.41) is 4.04. The third-order valence-electron chi connectivity index (χ3n) is 4.10. The smallest absolute Gasteiger partial charge is 0.193 e. The number of guanidine groups is 1. The van der Waals surface area contributed by atoms with Crippen LogP contribution >= 0.6 is 11.6 Å². The monoisotopic (exact) mass is 396 g/mol. The van der Waals surface area contributed by atoms with Crippen LogP contribution in [-0.4, -0.2) is 50.7 Å². The van der Waals surface area contributed by atoms with Crippen LogP contribution < -0.4 is 5.32 Å². The van der Waals surface area contributed by atoms with Crippen LogP contribution in [-0.2, 0) is 29.9 Å². The Hall–Kier alpha value is -1.99. The normalized spacial score (nSPS) is 12.3. The molecular formula is C18H25ClN4O2S. The van der Waals surface area contributed by atoms with Crippen molar-refractivity contribution in [1.29, 1.82) is 0 Å². The van der Waals surface area contributed by atoms with E-state index in [4.69, 9.17) is 11.6 Å². The number of hydrogen-bond acceptors (Lipinski definition) is 3. The zero-order valence-corrected chi connectivity index (χ0v) is 17.1. The first-order valence-electron chi connectivity index (χ1n) is 8.22. The van der Waals surface area contributed by atoms with Gasteiger partial charge in [0.15, 0.2) is 15.8 Å². The highest BCUT2D eigenvalue weighted by Crippen LogP contribution is 2.14. The van der Waals surface area contributed by atoms with Crippen LogP contribution in [0.1, 0.15) is 11.3 Å². The van der Waals surface area contributed by atoms with Gasteiger partial charge in [0.2, 0.25) is 0 Å². The third-order valence-corrected chi connectivity index (χ3v) is 5.43. The molecule has 142 valence electrons. The number of rotatable bonds is 6. The number of nitrogens with one attached hydrogen (secondary N) is 1. The van der Waals surface area contributed by atoms with E-state index in [1.165, 1.54) is 6.26 Å². The second-order valence-corrected chi connectivity index (χ2v) is 8.71. The van der Waals surface area contributed by atoms with Crippen molar-refractivity contribution in [2.24, 2.45) is 12.0 Å². The summed E-state index contributed by atoms with van der Waals surface area (Å²) in [4.78, 5) is 6.67. The largest absolute Gasteiger partial charge is 0.356 e. The molecule has 6 nitrogen and oxygen atoms in total. The van der Waals surface area contributed by atoms with E-state index < -0.39 is 9.84 Å². The molecule has 0 aliphatic heterocycles. The Labute approximate surface area is 160 Å². The van der Waals surface area contributed by atoms with Crippen molar-refractivity contribution in [2.75, 3.05) is 26.9 Å². The number of sulfone groups is 1. The first-order valence-corrected chi connectivity index (χ1v) is 10.5. The Bertz CT molecular complexity index is 873. The van der Waals surface area contributed by atoms with Crippen LogP contribution in [0.2, 0.25) is 5.02 Å². The van der Waals surface area contributed by atoms with Crippen LogP contribution in [0, 0.1) is 0 Å². The van der Waals surface area contributed by atoms with Gasteiger partial charge in [0.25, 0.3) is 0 Å². The van der Waals surface area contributed by atoms with Gasteiger partial charge in [-0.25, -0.2) is 8.42 Å². The predicted octanol–water partition coefficient (Wildman–Crippen LogP) is 2.33. The van der Waals surface area contributed by atoms with Crippen LogP contribution in [0.15, 0.2) is 46.4 Å². The summed E-state index contributed by atoms with van der Waals surface area (Å²) in [6.07, 6.45) is 3.86. The fourth-order valence-corrected chi connectivity index (χ4v) is 3.55. The molecule has 0 atom stereocenters. The highest BCUT2D eigenvalue weighted by atomic mass is 35.5. The van der Waals surface area contributed by atoms with Gasteiger partial charge in [-0.15, -0.1) is 0 Å². The highest BCUT2D eigenvalue weighted by Gasteiger charge is 2.10. The molecule has 0 saturated carbocycles. The van der Waals surface area contributed by atoms with E-state index >= 15 is 0 Å². The number of hydrogen-bond donors (Lipinski definition) is 1. The molecule has 0 saturated heterocycles. The lowest BCUT2D eigenvalue weighted by atomic mass is 10.1. The molecule has 0 aliphatic rings. The maximum Gasteiger partial charge on any atom is 0.193 e. The average molecular weight is 397 g/mol. The Morgan fingerprint density at radius 3 is 2.46 bits per heavy atom. The van der Waals surface area contributed by atoms with Crippen LogP contribution in [0.5, 0.6) is 0 Å². The molecule has 26 heavy (non-hydrogen) atoms. The van der Waals surface area contributed by atoms with Gasteiger partial charge in [-0.2, -0.15) is 0 Å². The molecule has 8 heteroatoms. The lowest BCUT2D eigenvalue weighted by molar-refractivity contribution is 0.462. The minimum Gasteiger partial charge on any atom is -0.356 e. The van der Waals surface area contributed by atoms with Crippen LogP contribution in [0.25, 0.3) is 0 Å². The van der Waals surface area contributed by atoms with Crippen molar-refractivity contribution in [3.8, 4) is 0 Å². The fraction of sp³-hybridized carbons (Fsp3) is 0.389. The van der Waals surface area contributed by atoms with Crippen LogP contribution in [0.3, 0.4) is 0 Å². The summed E-state index contributed by atoms with van der Waals surface area (Å²) < 4.78 is 25.0. The Morgan fingerprint density at radius 2 is 1.96 bits per heavy atom. The zero-order valence-electron chi connectivity index (χ0n) is 15.5. The van der Waals surface area contributed by atoms with E-state index in [9.17, 15) is 8.42 Å². The molecule has 1 heterocycles. The van der Waals surface area contributed by atoms with Gasteiger partial charge < -0.3 is 14.8 Å². The average Bonchev–Trinajstić information content (AvgIpc) is 2.88. The van der Waals surface area contributed by atoms with E-state index in [1.807, 2.05) is 48.0 Å². The second-order valence-electron chi connectivity index (χ2n) is 6.26. The molecule has 1 aromatic carbocycles. The molecular weight excluding hydrogens is 372 g/mol. The zero-order chi connectivity index (χ0) is 19.3. The molecule has 1 N–H and O–H groups in total. The summed E-state index contributed by atoms with van der Waals surface area (Å²) >= 11 is 6.03. The molecule has 0 spiro atoms. The second kappa shape index (κ2) is 8.60. The number of nitrogens with zero attached hydrogens (tertiary/aromatic N) is 3. The summed E-state index contributed by atoms with van der Waals surface area (Å²) in [6, 6.07) is 8.91. The highest BCUT2D eigenvalue weighted by molar-refractivity contribution is 7.90. The topological polar surface area (TPSA) is 66.7 Å². The fourth-order valence-electron chi connectivity index (χ4n) is 2.65. The number of benzene rings is 1. The molecule has 0 aliphatic carbocycles. The first-order chi connectivity index (χ1) is 12.2. The van der Waals surface area contributed by atoms with Crippen molar-refractivity contribution < 1.29 is 8.42 Å². The summed E-state index contributed by atoms with van der Waals surface area (Å²) in [6.45, 7) is 1.38. The third kappa shape index (κ3) is 5.51. The Kier molecular flexibility index (Phi) is 6.72. The summed E-state index contributed by atoms with van der Waals surface area (Å²) in [5.41, 5.74) is 2.16. The molecule has 0 amide bonds. The van der Waals surface area contributed by atoms with E-state index in [0.29, 0.717) is 18.0 Å². The number of halogens is 1. The number of aliphatic imine (C=N–C) groups is 1. The lowest BCUT2D eigenvalue weighted by Crippen LogP contribution is -2.39. The van der Waals surface area contributed by atoms with Crippen LogP contribution in [0.4, 0.5) is 0 Å². The van der Waals surface area contributed by atoms with Gasteiger partial charge in [-0.1, -0.05) is 23.7 Å². The first kappa shape index (κ1) is 20.3. The number of aromatic nitrogens is 1. The van der Waals surface area contributed by atoms with Gasteiger partial charge >= 0.3 is 0 Å². The molecule has 0 bridgehead atoms. The minimum absolute atomic E-state index is 0.339. The minimum atomic E-state index is -3.15. The van der Waals surface area contributed by atoms with Crippen molar-refractivity contribution in [1.82, 2.24) is 14.8 Å². The van der Waals surface area contributed by atoms with Gasteiger partial charge in [0.1, 0.15) is 0 Å². The van der Waals surface area contributed by atoms with Gasteiger partial charge in [-0.3, -0.25) is 4.99 Å². The van der Waals surface area contributed by atoms with E-state index in [1.54, 1.807) is 19.2 Å². The Balaban J connectivity index is 1.89. The summed E-state index contributed by atoms with van der Waals surface area (Å²) in [5.74, 6) is 0.787. The summed E-state index contributed by atoms with van der Waals surface area (Å²) in [7, 11) is 2.53. The SMILES string of the molecule is CN=C(NCCc1ccc(S(C)(=O)=O)cc1)N(C)Cc1cc(Cl)cn1C. The van der Waals surface area contributed by atoms with Crippen molar-refractivity contribution in [2.45, 2.75) is 17.9 Å². The number of aryl methyl sites for hydroxylation is 1. The van der Waals surface area contributed by atoms with E-state index in [2.05, 4.69) is 10.3 Å². The molecule has 1 aromatic heterocycles. The maximum absolute atomic E-state index is 11.5. The standard InChI is InChI=1S/C18H25ClN4O2S/c1-20-18(23(3)13-16-11-15(19)12-22(16)2)21-10-9-14-5-7-17(8-6-14)26(4,24)25/h5-8,11-12H,9-10,13H2,1-4H3,(H,20,21). The lowest BCUT2D eigenvalue weighted by Gasteiger charge is -2.22. The molecule has 2 rings (SSSR count). The van der Waals surface area contributed by atoms with Crippen molar-refractivity contribution in [3.05, 3.63) is 52.8 Å². The van der Waals surface area contributed by atoms with Gasteiger partial charge in [-0.05, 0) is 30.2 Å². The predicted molar refractivity (Wildman–Crippen MR) is 107 cm³/mol. The molecule has 0 unspecified atom stereocenters. The van der Waals surface area contributed by atoms with Gasteiger partial charge in [0.05, 0.1) is 16.5 Å². The quantitative estimate of drug-likeness (QED) is 0.601. The van der Waals surface area contributed by atoms with Crippen molar-refractivity contribution >= 4 is 27.4 Å².